The largest absolute Gasteiger partial charge is 0.369 e. The maximum Gasteiger partial charge on any atom is 0.220 e. The van der Waals surface area contributed by atoms with Gasteiger partial charge in [-0.05, 0) is 30.5 Å². The first kappa shape index (κ1) is 11.9. The highest BCUT2D eigenvalue weighted by Gasteiger charge is 2.23. The minimum atomic E-state index is -0.187. The SMILES string of the molecule is NCc1ccnc(N2CCC(C(N)=O)CC2)c1. The summed E-state index contributed by atoms with van der Waals surface area (Å²) in [4.78, 5) is 17.6. The number of hydrogen-bond donors (Lipinski definition) is 2. The summed E-state index contributed by atoms with van der Waals surface area (Å²) >= 11 is 0. The maximum absolute atomic E-state index is 11.1. The van der Waals surface area contributed by atoms with Gasteiger partial charge in [0.1, 0.15) is 5.82 Å². The second-order valence-electron chi connectivity index (χ2n) is 4.39. The molecule has 1 aromatic heterocycles. The molecule has 2 rings (SSSR count). The molecule has 1 fully saturated rings. The van der Waals surface area contributed by atoms with E-state index in [1.807, 2.05) is 12.1 Å². The van der Waals surface area contributed by atoms with Crippen LogP contribution >= 0.6 is 0 Å². The normalized spacial score (nSPS) is 17.1. The van der Waals surface area contributed by atoms with Crippen molar-refractivity contribution < 1.29 is 4.79 Å². The third-order valence-electron chi connectivity index (χ3n) is 3.27. The fourth-order valence-electron chi connectivity index (χ4n) is 2.15. The minimum absolute atomic E-state index is 0.0175. The quantitative estimate of drug-likeness (QED) is 0.784. The molecule has 0 saturated carbocycles. The fourth-order valence-corrected chi connectivity index (χ4v) is 2.15. The van der Waals surface area contributed by atoms with E-state index in [1.165, 1.54) is 0 Å². The van der Waals surface area contributed by atoms with Crippen molar-refractivity contribution in [1.29, 1.82) is 0 Å². The Labute approximate surface area is 101 Å². The predicted molar refractivity (Wildman–Crippen MR) is 66.3 cm³/mol. The highest BCUT2D eigenvalue weighted by molar-refractivity contribution is 5.76. The van der Waals surface area contributed by atoms with E-state index in [0.717, 1.165) is 37.3 Å². The Kier molecular flexibility index (Phi) is 3.58. The van der Waals surface area contributed by atoms with Gasteiger partial charge in [0.05, 0.1) is 0 Å². The van der Waals surface area contributed by atoms with Crippen LogP contribution < -0.4 is 16.4 Å². The molecule has 92 valence electrons. The number of amides is 1. The van der Waals surface area contributed by atoms with Crippen molar-refractivity contribution >= 4 is 11.7 Å². The third-order valence-corrected chi connectivity index (χ3v) is 3.27. The zero-order valence-electron chi connectivity index (χ0n) is 9.80. The van der Waals surface area contributed by atoms with Crippen molar-refractivity contribution in [2.24, 2.45) is 17.4 Å². The lowest BCUT2D eigenvalue weighted by molar-refractivity contribution is -0.122. The van der Waals surface area contributed by atoms with Gasteiger partial charge >= 0.3 is 0 Å². The number of piperidine rings is 1. The highest BCUT2D eigenvalue weighted by atomic mass is 16.1. The maximum atomic E-state index is 11.1. The summed E-state index contributed by atoms with van der Waals surface area (Å²) < 4.78 is 0. The van der Waals surface area contributed by atoms with E-state index in [9.17, 15) is 4.79 Å². The number of hydrogen-bond acceptors (Lipinski definition) is 4. The average Bonchev–Trinajstić information content (AvgIpc) is 2.39. The molecule has 4 N–H and O–H groups in total. The number of carbonyl (C=O) groups excluding carboxylic acids is 1. The molecular formula is C12H18N4O. The number of carbonyl (C=O) groups is 1. The Morgan fingerprint density at radius 1 is 1.47 bits per heavy atom. The first-order valence-electron chi connectivity index (χ1n) is 5.90. The van der Waals surface area contributed by atoms with Gasteiger partial charge in [-0.15, -0.1) is 0 Å². The van der Waals surface area contributed by atoms with Gasteiger partial charge in [0.25, 0.3) is 0 Å². The van der Waals surface area contributed by atoms with Gasteiger partial charge in [-0.3, -0.25) is 4.79 Å². The van der Waals surface area contributed by atoms with Crippen LogP contribution in [-0.4, -0.2) is 24.0 Å². The molecule has 1 saturated heterocycles. The van der Waals surface area contributed by atoms with Crippen LogP contribution in [0.3, 0.4) is 0 Å². The zero-order chi connectivity index (χ0) is 12.3. The first-order chi connectivity index (χ1) is 8.20. The van der Waals surface area contributed by atoms with Gasteiger partial charge in [-0.2, -0.15) is 0 Å². The molecule has 0 unspecified atom stereocenters. The summed E-state index contributed by atoms with van der Waals surface area (Å²) in [6.07, 6.45) is 3.39. The number of rotatable bonds is 3. The summed E-state index contributed by atoms with van der Waals surface area (Å²) in [5.74, 6) is 0.771. The van der Waals surface area contributed by atoms with Gasteiger partial charge < -0.3 is 16.4 Å². The molecule has 1 amide bonds. The molecule has 17 heavy (non-hydrogen) atoms. The lowest BCUT2D eigenvalue weighted by atomic mass is 9.96. The van der Waals surface area contributed by atoms with Gasteiger partial charge in [0.15, 0.2) is 0 Å². The molecule has 5 heteroatoms. The molecule has 0 aromatic carbocycles. The lowest BCUT2D eigenvalue weighted by Crippen LogP contribution is -2.38. The molecule has 5 nitrogen and oxygen atoms in total. The topological polar surface area (TPSA) is 85.2 Å². The van der Waals surface area contributed by atoms with Crippen molar-refractivity contribution in [3.8, 4) is 0 Å². The summed E-state index contributed by atoms with van der Waals surface area (Å²) in [6, 6.07) is 3.92. The van der Waals surface area contributed by atoms with Crippen molar-refractivity contribution in [1.82, 2.24) is 4.98 Å². The molecule has 1 aromatic rings. The highest BCUT2D eigenvalue weighted by Crippen LogP contribution is 2.21. The molecule has 0 aliphatic carbocycles. The monoisotopic (exact) mass is 234 g/mol. The fraction of sp³-hybridized carbons (Fsp3) is 0.500. The smallest absolute Gasteiger partial charge is 0.220 e. The van der Waals surface area contributed by atoms with Crippen LogP contribution in [0.2, 0.25) is 0 Å². The van der Waals surface area contributed by atoms with Gasteiger partial charge in [0, 0.05) is 31.7 Å². The van der Waals surface area contributed by atoms with E-state index in [2.05, 4.69) is 9.88 Å². The molecule has 0 spiro atoms. The first-order valence-corrected chi connectivity index (χ1v) is 5.90. The van der Waals surface area contributed by atoms with Crippen molar-refractivity contribution in [2.45, 2.75) is 19.4 Å². The van der Waals surface area contributed by atoms with Crippen molar-refractivity contribution in [3.05, 3.63) is 23.9 Å². The summed E-state index contributed by atoms with van der Waals surface area (Å²) in [5.41, 5.74) is 12.0. The van der Waals surface area contributed by atoms with Crippen LogP contribution in [-0.2, 0) is 11.3 Å². The summed E-state index contributed by atoms with van der Waals surface area (Å²) in [6.45, 7) is 2.18. The van der Waals surface area contributed by atoms with Crippen LogP contribution in [0.15, 0.2) is 18.3 Å². The van der Waals surface area contributed by atoms with Crippen LogP contribution in [0.25, 0.3) is 0 Å². The van der Waals surface area contributed by atoms with E-state index >= 15 is 0 Å². The number of nitrogens with zero attached hydrogens (tertiary/aromatic N) is 2. The van der Waals surface area contributed by atoms with E-state index < -0.39 is 0 Å². The Morgan fingerprint density at radius 2 is 2.18 bits per heavy atom. The van der Waals surface area contributed by atoms with Crippen LogP contribution in [0.1, 0.15) is 18.4 Å². The van der Waals surface area contributed by atoms with Crippen molar-refractivity contribution in [3.63, 3.8) is 0 Å². The Hall–Kier alpha value is -1.62. The van der Waals surface area contributed by atoms with E-state index in [4.69, 9.17) is 11.5 Å². The second-order valence-corrected chi connectivity index (χ2v) is 4.39. The van der Waals surface area contributed by atoms with Crippen molar-refractivity contribution in [2.75, 3.05) is 18.0 Å². The van der Waals surface area contributed by atoms with E-state index in [-0.39, 0.29) is 11.8 Å². The lowest BCUT2D eigenvalue weighted by Gasteiger charge is -2.31. The summed E-state index contributed by atoms with van der Waals surface area (Å²) in [5, 5.41) is 0. The predicted octanol–water partition coefficient (Wildman–Crippen LogP) is 0.242. The zero-order valence-corrected chi connectivity index (χ0v) is 9.80. The van der Waals surface area contributed by atoms with Gasteiger partial charge in [-0.25, -0.2) is 4.98 Å². The molecule has 1 aliphatic heterocycles. The van der Waals surface area contributed by atoms with Crippen LogP contribution in [0.4, 0.5) is 5.82 Å². The Bertz CT molecular complexity index is 399. The number of aromatic nitrogens is 1. The molecule has 0 atom stereocenters. The number of anilines is 1. The molecule has 0 radical (unpaired) electrons. The Morgan fingerprint density at radius 3 is 2.76 bits per heavy atom. The average molecular weight is 234 g/mol. The molecule has 0 bridgehead atoms. The number of pyridine rings is 1. The minimum Gasteiger partial charge on any atom is -0.369 e. The number of nitrogens with two attached hydrogens (primary N) is 2. The van der Waals surface area contributed by atoms with Crippen LogP contribution in [0, 0.1) is 5.92 Å². The summed E-state index contributed by atoms with van der Waals surface area (Å²) in [7, 11) is 0. The second kappa shape index (κ2) is 5.14. The van der Waals surface area contributed by atoms with Crippen LogP contribution in [0.5, 0.6) is 0 Å². The van der Waals surface area contributed by atoms with E-state index in [1.54, 1.807) is 6.20 Å². The Balaban J connectivity index is 2.02. The standard InChI is InChI=1S/C12H18N4O/c13-8-9-1-4-15-11(7-9)16-5-2-10(3-6-16)12(14)17/h1,4,7,10H,2-3,5-6,8,13H2,(H2,14,17). The molecular weight excluding hydrogens is 216 g/mol. The van der Waals surface area contributed by atoms with Gasteiger partial charge in [0.2, 0.25) is 5.91 Å². The third kappa shape index (κ3) is 2.74. The molecule has 1 aliphatic rings. The van der Waals surface area contributed by atoms with Gasteiger partial charge in [-0.1, -0.05) is 0 Å². The van der Waals surface area contributed by atoms with E-state index in [0.29, 0.717) is 6.54 Å². The number of primary amides is 1. The molecule has 2 heterocycles.